The van der Waals surface area contributed by atoms with Gasteiger partial charge in [0, 0.05) is 30.6 Å². The zero-order valence-electron chi connectivity index (χ0n) is 13.9. The van der Waals surface area contributed by atoms with Gasteiger partial charge in [-0.05, 0) is 25.2 Å². The summed E-state index contributed by atoms with van der Waals surface area (Å²) in [5.74, 6) is 0.166. The molecule has 3 heteroatoms. The third kappa shape index (κ3) is 5.52. The van der Waals surface area contributed by atoms with Gasteiger partial charge in [0.15, 0.2) is 0 Å². The van der Waals surface area contributed by atoms with Gasteiger partial charge in [0.25, 0.3) is 0 Å². The lowest BCUT2D eigenvalue weighted by Gasteiger charge is -2.42. The highest BCUT2D eigenvalue weighted by molar-refractivity contribution is 5.82. The summed E-state index contributed by atoms with van der Waals surface area (Å²) in [6.07, 6.45) is 2.09. The number of hydrogen-bond donors (Lipinski definition) is 1. The Morgan fingerprint density at radius 3 is 1.95 bits per heavy atom. The molecule has 19 heavy (non-hydrogen) atoms. The first-order valence-corrected chi connectivity index (χ1v) is 7.46. The Morgan fingerprint density at radius 2 is 1.58 bits per heavy atom. The molecule has 0 aromatic heterocycles. The zero-order valence-corrected chi connectivity index (χ0v) is 13.9. The Balaban J connectivity index is 2.50. The number of rotatable bonds is 2. The smallest absolute Gasteiger partial charge is 0.225 e. The number of amides is 1. The van der Waals surface area contributed by atoms with E-state index in [0.717, 1.165) is 32.5 Å². The predicted molar refractivity (Wildman–Crippen MR) is 81.1 cm³/mol. The molecule has 0 aliphatic carbocycles. The molecule has 1 aliphatic heterocycles. The SMILES string of the molecule is CC(C)(C)CN1CCC(C)(NC(=O)C(C)(C)C)CC1. The Morgan fingerprint density at radius 1 is 1.11 bits per heavy atom. The minimum Gasteiger partial charge on any atom is -0.350 e. The average Bonchev–Trinajstić information content (AvgIpc) is 2.18. The molecule has 0 atom stereocenters. The molecule has 1 rings (SSSR count). The fourth-order valence-electron chi connectivity index (χ4n) is 2.46. The van der Waals surface area contributed by atoms with E-state index >= 15 is 0 Å². The van der Waals surface area contributed by atoms with E-state index in [9.17, 15) is 4.79 Å². The van der Waals surface area contributed by atoms with Crippen molar-refractivity contribution in [2.75, 3.05) is 19.6 Å². The summed E-state index contributed by atoms with van der Waals surface area (Å²) in [7, 11) is 0. The minimum atomic E-state index is -0.300. The van der Waals surface area contributed by atoms with E-state index in [4.69, 9.17) is 0 Å². The fourth-order valence-corrected chi connectivity index (χ4v) is 2.46. The normalized spacial score (nSPS) is 21.2. The van der Waals surface area contributed by atoms with Crippen molar-refractivity contribution in [2.45, 2.75) is 66.8 Å². The molecule has 0 bridgehead atoms. The van der Waals surface area contributed by atoms with E-state index < -0.39 is 0 Å². The van der Waals surface area contributed by atoms with E-state index in [1.165, 1.54) is 0 Å². The van der Waals surface area contributed by atoms with Gasteiger partial charge in [-0.15, -0.1) is 0 Å². The highest BCUT2D eigenvalue weighted by Gasteiger charge is 2.35. The molecule has 1 heterocycles. The van der Waals surface area contributed by atoms with Crippen molar-refractivity contribution in [2.24, 2.45) is 10.8 Å². The first-order chi connectivity index (χ1) is 8.41. The molecule has 0 saturated carbocycles. The molecule has 1 N–H and O–H groups in total. The van der Waals surface area contributed by atoms with Crippen LogP contribution in [0.1, 0.15) is 61.3 Å². The third-order valence-corrected chi connectivity index (χ3v) is 3.75. The van der Waals surface area contributed by atoms with Crippen LogP contribution in [-0.4, -0.2) is 36.0 Å². The van der Waals surface area contributed by atoms with Gasteiger partial charge in [-0.1, -0.05) is 41.5 Å². The van der Waals surface area contributed by atoms with Crippen LogP contribution < -0.4 is 5.32 Å². The molecule has 1 aliphatic rings. The number of likely N-dealkylation sites (tertiary alicyclic amines) is 1. The highest BCUT2D eigenvalue weighted by atomic mass is 16.2. The van der Waals surface area contributed by atoms with Crippen LogP contribution in [-0.2, 0) is 4.79 Å². The summed E-state index contributed by atoms with van der Waals surface area (Å²) in [5, 5.41) is 3.25. The van der Waals surface area contributed by atoms with Gasteiger partial charge in [-0.2, -0.15) is 0 Å². The van der Waals surface area contributed by atoms with Crippen molar-refractivity contribution < 1.29 is 4.79 Å². The molecule has 112 valence electrons. The summed E-state index contributed by atoms with van der Waals surface area (Å²) >= 11 is 0. The van der Waals surface area contributed by atoms with Crippen LogP contribution in [0.4, 0.5) is 0 Å². The summed E-state index contributed by atoms with van der Waals surface area (Å²) in [6, 6.07) is 0. The minimum absolute atomic E-state index is 0.0290. The summed E-state index contributed by atoms with van der Waals surface area (Å²) in [6.45, 7) is 18.2. The van der Waals surface area contributed by atoms with Crippen LogP contribution in [0.3, 0.4) is 0 Å². The van der Waals surface area contributed by atoms with Crippen LogP contribution in [0, 0.1) is 10.8 Å². The molecule has 0 unspecified atom stereocenters. The van der Waals surface area contributed by atoms with Crippen molar-refractivity contribution in [1.29, 1.82) is 0 Å². The number of nitrogens with one attached hydrogen (secondary N) is 1. The molecule has 0 aromatic rings. The summed E-state index contributed by atoms with van der Waals surface area (Å²) in [4.78, 5) is 14.6. The molecule has 1 fully saturated rings. The highest BCUT2D eigenvalue weighted by Crippen LogP contribution is 2.26. The lowest BCUT2D eigenvalue weighted by Crippen LogP contribution is -2.56. The summed E-state index contributed by atoms with van der Waals surface area (Å²) in [5.41, 5.74) is 0.0205. The van der Waals surface area contributed by atoms with Gasteiger partial charge in [-0.25, -0.2) is 0 Å². The van der Waals surface area contributed by atoms with Gasteiger partial charge < -0.3 is 10.2 Å². The van der Waals surface area contributed by atoms with Crippen LogP contribution in [0.15, 0.2) is 0 Å². The third-order valence-electron chi connectivity index (χ3n) is 3.75. The molecule has 0 radical (unpaired) electrons. The number of nitrogens with zero attached hydrogens (tertiary/aromatic N) is 1. The molecule has 0 spiro atoms. The quantitative estimate of drug-likeness (QED) is 0.835. The van der Waals surface area contributed by atoms with E-state index in [1.807, 2.05) is 20.8 Å². The second-order valence-corrected chi connectivity index (χ2v) is 8.60. The number of hydrogen-bond acceptors (Lipinski definition) is 2. The maximum atomic E-state index is 12.1. The van der Waals surface area contributed by atoms with Crippen LogP contribution in [0.25, 0.3) is 0 Å². The molecular weight excluding hydrogens is 236 g/mol. The molecule has 1 saturated heterocycles. The molecule has 1 amide bonds. The van der Waals surface area contributed by atoms with Gasteiger partial charge in [0.05, 0.1) is 0 Å². The van der Waals surface area contributed by atoms with Gasteiger partial charge in [-0.3, -0.25) is 4.79 Å². The number of carbonyl (C=O) groups excluding carboxylic acids is 1. The topological polar surface area (TPSA) is 32.3 Å². The molecule has 0 aromatic carbocycles. The van der Waals surface area contributed by atoms with E-state index in [1.54, 1.807) is 0 Å². The summed E-state index contributed by atoms with van der Waals surface area (Å²) < 4.78 is 0. The monoisotopic (exact) mass is 268 g/mol. The largest absolute Gasteiger partial charge is 0.350 e. The zero-order chi connectivity index (χ0) is 14.9. The van der Waals surface area contributed by atoms with Gasteiger partial charge in [0.2, 0.25) is 5.91 Å². The van der Waals surface area contributed by atoms with Crippen molar-refractivity contribution in [3.05, 3.63) is 0 Å². The maximum absolute atomic E-state index is 12.1. The number of carbonyl (C=O) groups is 1. The van der Waals surface area contributed by atoms with E-state index in [-0.39, 0.29) is 16.9 Å². The Kier molecular flexibility index (Phi) is 4.71. The predicted octanol–water partition coefficient (Wildman–Crippen LogP) is 3.05. The lowest BCUT2D eigenvalue weighted by molar-refractivity contribution is -0.131. The van der Waals surface area contributed by atoms with Crippen LogP contribution >= 0.6 is 0 Å². The first kappa shape index (κ1) is 16.5. The van der Waals surface area contributed by atoms with Crippen molar-refractivity contribution >= 4 is 5.91 Å². The Hall–Kier alpha value is -0.570. The lowest BCUT2D eigenvalue weighted by atomic mass is 9.85. The van der Waals surface area contributed by atoms with Crippen molar-refractivity contribution in [3.8, 4) is 0 Å². The van der Waals surface area contributed by atoms with Crippen molar-refractivity contribution in [3.63, 3.8) is 0 Å². The number of piperidine rings is 1. The fraction of sp³-hybridized carbons (Fsp3) is 0.938. The Bertz CT molecular complexity index is 315. The standard InChI is InChI=1S/C16H32N2O/c1-14(2,3)12-18-10-8-16(7,9-11-18)17-13(19)15(4,5)6/h8-12H2,1-7H3,(H,17,19). The van der Waals surface area contributed by atoms with E-state index in [0.29, 0.717) is 5.41 Å². The second-order valence-electron chi connectivity index (χ2n) is 8.60. The van der Waals surface area contributed by atoms with Gasteiger partial charge in [0.1, 0.15) is 0 Å². The first-order valence-electron chi connectivity index (χ1n) is 7.46. The van der Waals surface area contributed by atoms with E-state index in [2.05, 4.69) is 37.9 Å². The van der Waals surface area contributed by atoms with Crippen molar-refractivity contribution in [1.82, 2.24) is 10.2 Å². The Labute approximate surface area is 119 Å². The average molecular weight is 268 g/mol. The van der Waals surface area contributed by atoms with Crippen LogP contribution in [0.5, 0.6) is 0 Å². The maximum Gasteiger partial charge on any atom is 0.225 e. The molecular formula is C16H32N2O. The molecule has 3 nitrogen and oxygen atoms in total. The van der Waals surface area contributed by atoms with Crippen LogP contribution in [0.2, 0.25) is 0 Å². The van der Waals surface area contributed by atoms with Gasteiger partial charge >= 0.3 is 0 Å². The second kappa shape index (κ2) is 5.43.